The smallest absolute Gasteiger partial charge is 0.414 e. The lowest BCUT2D eigenvalue weighted by Gasteiger charge is -2.36. The van der Waals surface area contributed by atoms with Crippen LogP contribution in [0.2, 0.25) is 0 Å². The monoisotopic (exact) mass is 528 g/mol. The van der Waals surface area contributed by atoms with Crippen LogP contribution in [0.1, 0.15) is 20.8 Å². The van der Waals surface area contributed by atoms with Gasteiger partial charge in [-0.15, -0.1) is 0 Å². The van der Waals surface area contributed by atoms with E-state index in [-0.39, 0.29) is 25.6 Å². The second-order valence-electron chi connectivity index (χ2n) is 10.1. The first-order valence-corrected chi connectivity index (χ1v) is 12.5. The third kappa shape index (κ3) is 7.05. The van der Waals surface area contributed by atoms with Crippen molar-refractivity contribution in [1.82, 2.24) is 10.2 Å². The van der Waals surface area contributed by atoms with E-state index in [4.69, 9.17) is 14.2 Å². The van der Waals surface area contributed by atoms with E-state index in [2.05, 4.69) is 5.32 Å². The summed E-state index contributed by atoms with van der Waals surface area (Å²) in [6, 6.07) is 13.7. The summed E-state index contributed by atoms with van der Waals surface area (Å²) < 4.78 is 31.1. The quantitative estimate of drug-likeness (QED) is 0.588. The molecule has 1 N–H and O–H groups in total. The van der Waals surface area contributed by atoms with Crippen molar-refractivity contribution in [2.45, 2.75) is 32.5 Å². The van der Waals surface area contributed by atoms with Crippen LogP contribution < -0.4 is 19.9 Å². The SMILES string of the molecule is CC(C)(C)OC(=O)NC[C@H]1CN(c2ccc(N3CCN(C(=O)COc4ccccc4)CC3)c(F)c2)C(=O)O1. The van der Waals surface area contributed by atoms with Gasteiger partial charge in [0.2, 0.25) is 0 Å². The summed E-state index contributed by atoms with van der Waals surface area (Å²) in [5, 5.41) is 2.58. The molecule has 2 aliphatic heterocycles. The maximum absolute atomic E-state index is 15.1. The number of anilines is 2. The number of amides is 3. The Morgan fingerprint density at radius 1 is 1.08 bits per heavy atom. The highest BCUT2D eigenvalue weighted by atomic mass is 19.1. The van der Waals surface area contributed by atoms with Gasteiger partial charge in [-0.3, -0.25) is 9.69 Å². The van der Waals surface area contributed by atoms with E-state index in [1.54, 1.807) is 49.9 Å². The van der Waals surface area contributed by atoms with Gasteiger partial charge in [0.1, 0.15) is 23.3 Å². The van der Waals surface area contributed by atoms with Gasteiger partial charge >= 0.3 is 12.2 Å². The Bertz CT molecular complexity index is 1150. The molecular weight excluding hydrogens is 495 g/mol. The van der Waals surface area contributed by atoms with E-state index in [0.717, 1.165) is 0 Å². The number of hydrogen-bond donors (Lipinski definition) is 1. The van der Waals surface area contributed by atoms with Crippen molar-refractivity contribution in [3.63, 3.8) is 0 Å². The van der Waals surface area contributed by atoms with Crippen LogP contribution in [0.3, 0.4) is 0 Å². The molecule has 0 radical (unpaired) electrons. The number of rotatable bonds is 7. The molecule has 204 valence electrons. The largest absolute Gasteiger partial charge is 0.484 e. The molecule has 3 amide bonds. The van der Waals surface area contributed by atoms with Crippen molar-refractivity contribution >= 4 is 29.5 Å². The summed E-state index contributed by atoms with van der Waals surface area (Å²) in [7, 11) is 0. The second-order valence-corrected chi connectivity index (χ2v) is 10.1. The minimum atomic E-state index is -0.638. The van der Waals surface area contributed by atoms with E-state index in [0.29, 0.717) is 43.3 Å². The maximum atomic E-state index is 15.1. The summed E-state index contributed by atoms with van der Waals surface area (Å²) >= 11 is 0. The first-order valence-electron chi connectivity index (χ1n) is 12.5. The third-order valence-corrected chi connectivity index (χ3v) is 6.07. The summed E-state index contributed by atoms with van der Waals surface area (Å²) in [6.45, 7) is 7.29. The highest BCUT2D eigenvalue weighted by Crippen LogP contribution is 2.28. The number of para-hydroxylation sites is 1. The van der Waals surface area contributed by atoms with Crippen LogP contribution in [-0.4, -0.2) is 80.6 Å². The molecule has 1 atom stereocenters. The Morgan fingerprint density at radius 2 is 1.79 bits per heavy atom. The number of cyclic esters (lactones) is 1. The molecule has 0 spiro atoms. The topological polar surface area (TPSA) is 101 Å². The molecule has 10 nitrogen and oxygen atoms in total. The van der Waals surface area contributed by atoms with Crippen molar-refractivity contribution in [1.29, 1.82) is 0 Å². The fourth-order valence-electron chi connectivity index (χ4n) is 4.22. The molecular formula is C27H33FN4O6. The van der Waals surface area contributed by atoms with Crippen LogP contribution in [-0.2, 0) is 14.3 Å². The molecule has 2 heterocycles. The number of ether oxygens (including phenoxy) is 3. The molecule has 2 fully saturated rings. The number of piperazine rings is 1. The molecule has 11 heteroatoms. The highest BCUT2D eigenvalue weighted by molar-refractivity contribution is 5.90. The molecule has 0 unspecified atom stereocenters. The molecule has 2 aromatic carbocycles. The van der Waals surface area contributed by atoms with Crippen LogP contribution in [0.4, 0.5) is 25.4 Å². The van der Waals surface area contributed by atoms with Crippen molar-refractivity contribution in [3.05, 3.63) is 54.3 Å². The Labute approximate surface area is 221 Å². The van der Waals surface area contributed by atoms with Crippen molar-refractivity contribution in [2.24, 2.45) is 0 Å². The molecule has 4 rings (SSSR count). The van der Waals surface area contributed by atoms with Gasteiger partial charge in [-0.05, 0) is 51.1 Å². The Hall–Kier alpha value is -4.02. The number of carbonyl (C=O) groups is 3. The Morgan fingerprint density at radius 3 is 2.45 bits per heavy atom. The van der Waals surface area contributed by atoms with E-state index >= 15 is 4.39 Å². The lowest BCUT2D eigenvalue weighted by molar-refractivity contribution is -0.133. The number of halogens is 1. The Kier molecular flexibility index (Phi) is 8.23. The minimum Gasteiger partial charge on any atom is -0.484 e. The van der Waals surface area contributed by atoms with Gasteiger partial charge < -0.3 is 29.3 Å². The molecule has 38 heavy (non-hydrogen) atoms. The Balaban J connectivity index is 1.27. The van der Waals surface area contributed by atoms with E-state index in [1.165, 1.54) is 11.0 Å². The van der Waals surface area contributed by atoms with Crippen molar-refractivity contribution in [3.8, 4) is 5.75 Å². The molecule has 0 saturated carbocycles. The zero-order chi connectivity index (χ0) is 27.3. The summed E-state index contributed by atoms with van der Waals surface area (Å²) in [4.78, 5) is 41.7. The number of hydrogen-bond acceptors (Lipinski definition) is 7. The van der Waals surface area contributed by atoms with E-state index in [1.807, 2.05) is 23.1 Å². The average Bonchev–Trinajstić information content (AvgIpc) is 3.26. The summed E-state index contributed by atoms with van der Waals surface area (Å²) in [5.74, 6) is 0.0413. The average molecular weight is 529 g/mol. The van der Waals surface area contributed by atoms with Crippen LogP contribution >= 0.6 is 0 Å². The first kappa shape index (κ1) is 27.0. The van der Waals surface area contributed by atoms with Crippen LogP contribution in [0.25, 0.3) is 0 Å². The zero-order valence-corrected chi connectivity index (χ0v) is 21.8. The van der Waals surface area contributed by atoms with Gasteiger partial charge in [-0.25, -0.2) is 14.0 Å². The van der Waals surface area contributed by atoms with E-state index in [9.17, 15) is 14.4 Å². The number of nitrogens with zero attached hydrogens (tertiary/aromatic N) is 3. The number of benzene rings is 2. The number of alkyl carbamates (subject to hydrolysis) is 1. The molecule has 0 bridgehead atoms. The first-order chi connectivity index (χ1) is 18.1. The van der Waals surface area contributed by atoms with Gasteiger partial charge in [0.05, 0.1) is 24.5 Å². The lowest BCUT2D eigenvalue weighted by Crippen LogP contribution is -2.50. The number of nitrogens with one attached hydrogen (secondary N) is 1. The van der Waals surface area contributed by atoms with Crippen LogP contribution in [0.15, 0.2) is 48.5 Å². The molecule has 0 aromatic heterocycles. The number of carbonyl (C=O) groups excluding carboxylic acids is 3. The standard InChI is InChI=1S/C27H33FN4O6/c1-27(2,3)38-25(34)29-16-21-17-32(26(35)37-21)19-9-10-23(22(28)15-19)30-11-13-31(14-12-30)24(33)18-36-20-7-5-4-6-8-20/h4-10,15,21H,11-14,16-18H2,1-3H3,(H,29,34)/t21-/m0/s1. The predicted molar refractivity (Wildman–Crippen MR) is 139 cm³/mol. The van der Waals surface area contributed by atoms with Crippen LogP contribution in [0, 0.1) is 5.82 Å². The zero-order valence-electron chi connectivity index (χ0n) is 21.8. The summed E-state index contributed by atoms with van der Waals surface area (Å²) in [6.07, 6.45) is -1.81. The van der Waals surface area contributed by atoms with Crippen molar-refractivity contribution < 1.29 is 33.0 Å². The fraction of sp³-hybridized carbons (Fsp3) is 0.444. The second kappa shape index (κ2) is 11.6. The van der Waals surface area contributed by atoms with Gasteiger partial charge in [0.15, 0.2) is 6.61 Å². The van der Waals surface area contributed by atoms with Gasteiger partial charge in [0, 0.05) is 26.2 Å². The molecule has 2 aliphatic rings. The van der Waals surface area contributed by atoms with Gasteiger partial charge in [-0.1, -0.05) is 18.2 Å². The van der Waals surface area contributed by atoms with Crippen molar-refractivity contribution in [2.75, 3.05) is 55.7 Å². The maximum Gasteiger partial charge on any atom is 0.414 e. The lowest BCUT2D eigenvalue weighted by atomic mass is 10.2. The van der Waals surface area contributed by atoms with E-state index < -0.39 is 29.7 Å². The fourth-order valence-corrected chi connectivity index (χ4v) is 4.22. The van der Waals surface area contributed by atoms with Gasteiger partial charge in [-0.2, -0.15) is 0 Å². The third-order valence-electron chi connectivity index (χ3n) is 6.07. The minimum absolute atomic E-state index is 0.0483. The van der Waals surface area contributed by atoms with Gasteiger partial charge in [0.25, 0.3) is 5.91 Å². The summed E-state index contributed by atoms with van der Waals surface area (Å²) in [5.41, 5.74) is 0.126. The van der Waals surface area contributed by atoms with Crippen LogP contribution in [0.5, 0.6) is 5.75 Å². The predicted octanol–water partition coefficient (Wildman–Crippen LogP) is 3.40. The normalized spacial score (nSPS) is 17.7. The molecule has 2 aromatic rings. The molecule has 2 saturated heterocycles. The highest BCUT2D eigenvalue weighted by Gasteiger charge is 2.33. The molecule has 0 aliphatic carbocycles.